The summed E-state index contributed by atoms with van der Waals surface area (Å²) in [4.78, 5) is 34.1. The van der Waals surface area contributed by atoms with Crippen LogP contribution in [0.4, 0.5) is 5.69 Å². The Hall–Kier alpha value is -3.33. The van der Waals surface area contributed by atoms with E-state index in [1.165, 1.54) is 9.42 Å². The Balaban J connectivity index is 1.58. The number of hydrogen-bond donors (Lipinski definition) is 2. The lowest BCUT2D eigenvalue weighted by atomic mass is 10.2. The molecule has 9 heteroatoms. The molecule has 0 atom stereocenters. The van der Waals surface area contributed by atoms with Crippen LogP contribution in [-0.4, -0.2) is 57.7 Å². The number of esters is 1. The van der Waals surface area contributed by atoms with Crippen molar-refractivity contribution in [2.24, 2.45) is 0 Å². The smallest absolute Gasteiger partial charge is 0.338 e. The monoisotopic (exact) mass is 397 g/mol. The number of quaternary nitrogens is 1. The minimum atomic E-state index is -0.451. The number of amides is 1. The van der Waals surface area contributed by atoms with E-state index >= 15 is 0 Å². The molecule has 0 radical (unpaired) electrons. The molecular weight excluding hydrogens is 372 g/mol. The first-order valence-corrected chi connectivity index (χ1v) is 9.62. The van der Waals surface area contributed by atoms with Gasteiger partial charge >= 0.3 is 5.97 Å². The van der Waals surface area contributed by atoms with Gasteiger partial charge in [0.2, 0.25) is 5.82 Å². The fraction of sp³-hybridized carbons (Fsp3) is 0.350. The van der Waals surface area contributed by atoms with Gasteiger partial charge in [-0.25, -0.2) is 14.3 Å². The molecule has 0 spiro atoms. The van der Waals surface area contributed by atoms with Crippen molar-refractivity contribution in [1.29, 1.82) is 0 Å². The van der Waals surface area contributed by atoms with Crippen molar-refractivity contribution in [3.05, 3.63) is 53.6 Å². The normalized spacial score (nSPS) is 11.0. The Morgan fingerprint density at radius 2 is 1.86 bits per heavy atom. The first-order chi connectivity index (χ1) is 14.0. The van der Waals surface area contributed by atoms with E-state index in [0.29, 0.717) is 23.6 Å². The summed E-state index contributed by atoms with van der Waals surface area (Å²) < 4.78 is 6.83. The lowest BCUT2D eigenvalue weighted by molar-refractivity contribution is -0.896. The van der Waals surface area contributed by atoms with Gasteiger partial charge in [0.05, 0.1) is 18.7 Å². The number of rotatable bonds is 8. The molecule has 0 aliphatic carbocycles. The van der Waals surface area contributed by atoms with E-state index in [-0.39, 0.29) is 11.8 Å². The van der Waals surface area contributed by atoms with E-state index in [1.54, 1.807) is 36.5 Å². The van der Waals surface area contributed by atoms with Gasteiger partial charge < -0.3 is 15.0 Å². The van der Waals surface area contributed by atoms with Crippen molar-refractivity contribution in [3.8, 4) is 0 Å². The number of carbonyl (C=O) groups is 2. The van der Waals surface area contributed by atoms with Crippen molar-refractivity contribution < 1.29 is 19.2 Å². The zero-order chi connectivity index (χ0) is 20.8. The molecule has 2 heterocycles. The van der Waals surface area contributed by atoms with E-state index in [4.69, 9.17) is 4.74 Å². The van der Waals surface area contributed by atoms with Crippen LogP contribution in [0.1, 0.15) is 40.5 Å². The van der Waals surface area contributed by atoms with Gasteiger partial charge in [0.1, 0.15) is 13.2 Å². The molecule has 2 aromatic heterocycles. The van der Waals surface area contributed by atoms with Gasteiger partial charge in [0.15, 0.2) is 0 Å². The highest BCUT2D eigenvalue weighted by atomic mass is 16.5. The van der Waals surface area contributed by atoms with Gasteiger partial charge in [-0.2, -0.15) is 4.98 Å². The van der Waals surface area contributed by atoms with Crippen molar-refractivity contribution in [1.82, 2.24) is 19.6 Å². The molecular formula is C20H25N6O3+. The van der Waals surface area contributed by atoms with Crippen LogP contribution in [0.15, 0.2) is 36.5 Å². The lowest BCUT2D eigenvalue weighted by Gasteiger charge is -2.15. The van der Waals surface area contributed by atoms with E-state index in [1.807, 2.05) is 6.92 Å². The van der Waals surface area contributed by atoms with Crippen molar-refractivity contribution in [3.63, 3.8) is 0 Å². The third-order valence-corrected chi connectivity index (χ3v) is 4.70. The zero-order valence-electron chi connectivity index (χ0n) is 16.8. The molecule has 1 aromatic carbocycles. The standard InChI is InChI=1S/C20H24N6O3/c1-4-25(5-2)12-13-29-19(28)15-6-8-16(9-7-15)22-18(27)17-23-20-21-11-10-14(3)26(20)24-17/h6-11H,4-5,12-13H2,1-3H3,(H,22,27)/p+1. The number of ether oxygens (including phenoxy) is 1. The van der Waals surface area contributed by atoms with Gasteiger partial charge in [-0.1, -0.05) is 0 Å². The maximum Gasteiger partial charge on any atom is 0.338 e. The van der Waals surface area contributed by atoms with Crippen LogP contribution in [0, 0.1) is 6.92 Å². The number of carbonyl (C=O) groups excluding carboxylic acids is 2. The molecule has 1 amide bonds. The van der Waals surface area contributed by atoms with Crippen LogP contribution in [0.25, 0.3) is 5.78 Å². The summed E-state index contributed by atoms with van der Waals surface area (Å²) in [5.74, 6) is -0.445. The summed E-state index contributed by atoms with van der Waals surface area (Å²) in [7, 11) is 0. The topological polar surface area (TPSA) is 103 Å². The van der Waals surface area contributed by atoms with Gasteiger partial charge in [-0.15, -0.1) is 5.10 Å². The van der Waals surface area contributed by atoms with Gasteiger partial charge in [-0.05, 0) is 51.1 Å². The highest BCUT2D eigenvalue weighted by molar-refractivity contribution is 6.02. The highest BCUT2D eigenvalue weighted by Crippen LogP contribution is 2.12. The molecule has 0 fully saturated rings. The number of aromatic nitrogens is 4. The van der Waals surface area contributed by atoms with Crippen molar-refractivity contribution in [2.45, 2.75) is 20.8 Å². The minimum absolute atomic E-state index is 0.0224. The Kier molecular flexibility index (Phi) is 6.50. The average molecular weight is 397 g/mol. The van der Waals surface area contributed by atoms with Crippen LogP contribution in [0.5, 0.6) is 0 Å². The minimum Gasteiger partial charge on any atom is -0.456 e. The number of nitrogens with zero attached hydrogens (tertiary/aromatic N) is 4. The Morgan fingerprint density at radius 3 is 2.52 bits per heavy atom. The van der Waals surface area contributed by atoms with Crippen molar-refractivity contribution in [2.75, 3.05) is 31.6 Å². The maximum absolute atomic E-state index is 12.4. The van der Waals surface area contributed by atoms with Crippen LogP contribution < -0.4 is 10.2 Å². The number of likely N-dealkylation sites (N-methyl/N-ethyl adjacent to an activating group) is 1. The zero-order valence-corrected chi connectivity index (χ0v) is 16.8. The second kappa shape index (κ2) is 9.24. The molecule has 0 bridgehead atoms. The van der Waals surface area contributed by atoms with Crippen molar-refractivity contribution >= 4 is 23.3 Å². The molecule has 0 aliphatic heterocycles. The summed E-state index contributed by atoms with van der Waals surface area (Å²) in [5.41, 5.74) is 1.79. The maximum atomic E-state index is 12.4. The van der Waals surface area contributed by atoms with Crippen LogP contribution in [-0.2, 0) is 4.74 Å². The summed E-state index contributed by atoms with van der Waals surface area (Å²) in [5, 5.41) is 6.89. The predicted molar refractivity (Wildman–Crippen MR) is 107 cm³/mol. The fourth-order valence-electron chi connectivity index (χ4n) is 2.85. The summed E-state index contributed by atoms with van der Waals surface area (Å²) in [6.07, 6.45) is 1.61. The van der Waals surface area contributed by atoms with Gasteiger partial charge in [0.25, 0.3) is 11.7 Å². The second-order valence-corrected chi connectivity index (χ2v) is 6.61. The third kappa shape index (κ3) is 4.94. The number of aryl methyl sites for hydroxylation is 1. The number of fused-ring (bicyclic) bond motifs is 1. The van der Waals surface area contributed by atoms with Crippen LogP contribution >= 0.6 is 0 Å². The first kappa shape index (κ1) is 20.4. The molecule has 2 N–H and O–H groups in total. The first-order valence-electron chi connectivity index (χ1n) is 9.62. The Labute approximate surface area is 168 Å². The molecule has 9 nitrogen and oxygen atoms in total. The van der Waals surface area contributed by atoms with Crippen LogP contribution in [0.3, 0.4) is 0 Å². The van der Waals surface area contributed by atoms with Crippen LogP contribution in [0.2, 0.25) is 0 Å². The number of hydrogen-bond acceptors (Lipinski definition) is 6. The number of anilines is 1. The number of benzene rings is 1. The van der Waals surface area contributed by atoms with Gasteiger partial charge in [-0.3, -0.25) is 4.79 Å². The number of nitrogens with one attached hydrogen (secondary N) is 2. The molecule has 0 aliphatic rings. The molecule has 152 valence electrons. The molecule has 0 unspecified atom stereocenters. The quantitative estimate of drug-likeness (QED) is 0.544. The SMILES string of the molecule is CC[NH+](CC)CCOC(=O)c1ccc(NC(=O)c2nc3nccc(C)n3n2)cc1. The van der Waals surface area contributed by atoms with E-state index in [0.717, 1.165) is 25.3 Å². The predicted octanol–water partition coefficient (Wildman–Crippen LogP) is 0.767. The summed E-state index contributed by atoms with van der Waals surface area (Å²) in [6.45, 7) is 9.22. The summed E-state index contributed by atoms with van der Waals surface area (Å²) in [6, 6.07) is 8.30. The third-order valence-electron chi connectivity index (χ3n) is 4.70. The highest BCUT2D eigenvalue weighted by Gasteiger charge is 2.15. The fourth-order valence-corrected chi connectivity index (χ4v) is 2.85. The van der Waals surface area contributed by atoms with Gasteiger partial charge in [0, 0.05) is 17.6 Å². The van der Waals surface area contributed by atoms with E-state index < -0.39 is 5.91 Å². The average Bonchev–Trinajstić information content (AvgIpc) is 3.18. The largest absolute Gasteiger partial charge is 0.456 e. The Morgan fingerprint density at radius 1 is 1.14 bits per heavy atom. The lowest BCUT2D eigenvalue weighted by Crippen LogP contribution is -3.11. The Bertz CT molecular complexity index is 995. The van der Waals surface area contributed by atoms with E-state index in [2.05, 4.69) is 34.2 Å². The molecule has 3 rings (SSSR count). The molecule has 3 aromatic rings. The van der Waals surface area contributed by atoms with E-state index in [9.17, 15) is 9.59 Å². The second-order valence-electron chi connectivity index (χ2n) is 6.61. The summed E-state index contributed by atoms with van der Waals surface area (Å²) >= 11 is 0. The molecule has 29 heavy (non-hydrogen) atoms. The molecule has 0 saturated carbocycles. The molecule has 0 saturated heterocycles.